The molecule has 0 saturated carbocycles. The minimum absolute atomic E-state index is 0.556. The van der Waals surface area contributed by atoms with E-state index in [0.717, 1.165) is 49.9 Å². The quantitative estimate of drug-likeness (QED) is 0.907. The second-order valence-corrected chi connectivity index (χ2v) is 5.28. The van der Waals surface area contributed by atoms with Crippen LogP contribution in [0, 0.1) is 0 Å². The number of aromatic nitrogens is 2. The predicted molar refractivity (Wildman–Crippen MR) is 75.0 cm³/mol. The molecule has 1 N–H and O–H groups in total. The third-order valence-corrected chi connectivity index (χ3v) is 4.12. The molecule has 2 rings (SSSR count). The largest absolute Gasteiger partial charge is 0.314 e. The average Bonchev–Trinajstić information content (AvgIpc) is 2.69. The molecular formula is C13H23ClN4. The fourth-order valence-corrected chi connectivity index (χ4v) is 2.81. The van der Waals surface area contributed by atoms with Crippen LogP contribution in [-0.4, -0.2) is 40.4 Å². The number of piperazine rings is 1. The van der Waals surface area contributed by atoms with Gasteiger partial charge in [-0.05, 0) is 20.3 Å². The zero-order valence-corrected chi connectivity index (χ0v) is 12.3. The Labute approximate surface area is 114 Å². The van der Waals surface area contributed by atoms with Crippen LogP contribution in [0.5, 0.6) is 0 Å². The summed E-state index contributed by atoms with van der Waals surface area (Å²) in [7, 11) is 0. The molecule has 0 spiro atoms. The van der Waals surface area contributed by atoms with Crippen LogP contribution < -0.4 is 5.32 Å². The van der Waals surface area contributed by atoms with Gasteiger partial charge in [-0.25, -0.2) is 0 Å². The first-order valence-electron chi connectivity index (χ1n) is 6.86. The molecule has 2 heterocycles. The number of hydrogen-bond acceptors (Lipinski definition) is 3. The Morgan fingerprint density at radius 3 is 2.83 bits per heavy atom. The summed E-state index contributed by atoms with van der Waals surface area (Å²) in [4.78, 5) is 2.48. The highest BCUT2D eigenvalue weighted by Gasteiger charge is 2.22. The Balaban J connectivity index is 2.19. The van der Waals surface area contributed by atoms with Crippen molar-refractivity contribution in [2.45, 2.75) is 46.3 Å². The number of aryl methyl sites for hydroxylation is 2. The molecular weight excluding hydrogens is 248 g/mol. The monoisotopic (exact) mass is 270 g/mol. The van der Waals surface area contributed by atoms with Crippen LogP contribution in [0.25, 0.3) is 0 Å². The molecule has 0 radical (unpaired) electrons. The summed E-state index contributed by atoms with van der Waals surface area (Å²) >= 11 is 6.45. The maximum absolute atomic E-state index is 6.45. The van der Waals surface area contributed by atoms with Gasteiger partial charge in [-0.15, -0.1) is 0 Å². The second-order valence-electron chi connectivity index (χ2n) is 4.90. The van der Waals surface area contributed by atoms with E-state index in [2.05, 4.69) is 40.8 Å². The second kappa shape index (κ2) is 6.04. The van der Waals surface area contributed by atoms with E-state index in [1.165, 1.54) is 5.69 Å². The first-order chi connectivity index (χ1) is 8.67. The van der Waals surface area contributed by atoms with Gasteiger partial charge >= 0.3 is 0 Å². The van der Waals surface area contributed by atoms with Gasteiger partial charge < -0.3 is 5.32 Å². The van der Waals surface area contributed by atoms with Crippen molar-refractivity contribution in [3.63, 3.8) is 0 Å². The van der Waals surface area contributed by atoms with E-state index < -0.39 is 0 Å². The molecule has 0 amide bonds. The van der Waals surface area contributed by atoms with E-state index in [1.54, 1.807) is 0 Å². The van der Waals surface area contributed by atoms with Gasteiger partial charge in [0.2, 0.25) is 0 Å². The SMILES string of the molecule is CCc1nn(CC)c(CN2CCNCC2C)c1Cl. The predicted octanol–water partition coefficient (Wildman–Crippen LogP) is 1.91. The first kappa shape index (κ1) is 13.8. The molecule has 0 aliphatic carbocycles. The van der Waals surface area contributed by atoms with Crippen LogP contribution >= 0.6 is 11.6 Å². The average molecular weight is 271 g/mol. The summed E-state index contributed by atoms with van der Waals surface area (Å²) in [6, 6.07) is 0.556. The van der Waals surface area contributed by atoms with Crippen molar-refractivity contribution in [2.75, 3.05) is 19.6 Å². The highest BCUT2D eigenvalue weighted by atomic mass is 35.5. The van der Waals surface area contributed by atoms with Crippen molar-refractivity contribution in [3.05, 3.63) is 16.4 Å². The van der Waals surface area contributed by atoms with E-state index in [9.17, 15) is 0 Å². The Hall–Kier alpha value is -0.580. The van der Waals surface area contributed by atoms with Crippen LogP contribution in [0.3, 0.4) is 0 Å². The van der Waals surface area contributed by atoms with Gasteiger partial charge in [-0.3, -0.25) is 9.58 Å². The number of halogens is 1. The van der Waals surface area contributed by atoms with Crippen molar-refractivity contribution in [1.82, 2.24) is 20.0 Å². The van der Waals surface area contributed by atoms with Crippen molar-refractivity contribution in [3.8, 4) is 0 Å². The van der Waals surface area contributed by atoms with Crippen molar-refractivity contribution in [1.29, 1.82) is 0 Å². The van der Waals surface area contributed by atoms with E-state index >= 15 is 0 Å². The molecule has 5 heteroatoms. The molecule has 1 unspecified atom stereocenters. The maximum Gasteiger partial charge on any atom is 0.0863 e. The molecule has 1 aromatic heterocycles. The van der Waals surface area contributed by atoms with Crippen LogP contribution in [0.4, 0.5) is 0 Å². The summed E-state index contributed by atoms with van der Waals surface area (Å²) in [5, 5.41) is 8.86. The third-order valence-electron chi connectivity index (χ3n) is 3.69. The zero-order chi connectivity index (χ0) is 13.1. The van der Waals surface area contributed by atoms with Gasteiger partial charge in [-0.2, -0.15) is 5.10 Å². The normalized spacial score (nSPS) is 21.4. The lowest BCUT2D eigenvalue weighted by atomic mass is 10.2. The van der Waals surface area contributed by atoms with Gasteiger partial charge in [-0.1, -0.05) is 18.5 Å². The van der Waals surface area contributed by atoms with Gasteiger partial charge in [0.05, 0.1) is 16.4 Å². The van der Waals surface area contributed by atoms with Crippen molar-refractivity contribution >= 4 is 11.6 Å². The molecule has 18 heavy (non-hydrogen) atoms. The van der Waals surface area contributed by atoms with E-state index in [4.69, 9.17) is 11.6 Å². The first-order valence-corrected chi connectivity index (χ1v) is 7.24. The summed E-state index contributed by atoms with van der Waals surface area (Å²) in [5.74, 6) is 0. The fourth-order valence-electron chi connectivity index (χ4n) is 2.48. The standard InChI is InChI=1S/C13H23ClN4/c1-4-11-13(14)12(18(5-2)16-11)9-17-7-6-15-8-10(17)3/h10,15H,4-9H2,1-3H3. The van der Waals surface area contributed by atoms with Crippen LogP contribution in [-0.2, 0) is 19.5 Å². The summed E-state index contributed by atoms with van der Waals surface area (Å²) in [6.07, 6.45) is 0.899. The minimum atomic E-state index is 0.556. The molecule has 1 fully saturated rings. The molecule has 4 nitrogen and oxygen atoms in total. The Bertz CT molecular complexity index is 402. The van der Waals surface area contributed by atoms with Crippen molar-refractivity contribution < 1.29 is 0 Å². The number of nitrogens with zero attached hydrogens (tertiary/aromatic N) is 3. The van der Waals surface area contributed by atoms with Gasteiger partial charge in [0, 0.05) is 38.8 Å². The third kappa shape index (κ3) is 2.71. The molecule has 0 bridgehead atoms. The summed E-state index contributed by atoms with van der Waals surface area (Å²) < 4.78 is 2.05. The van der Waals surface area contributed by atoms with Gasteiger partial charge in [0.1, 0.15) is 0 Å². The minimum Gasteiger partial charge on any atom is -0.314 e. The Morgan fingerprint density at radius 2 is 2.22 bits per heavy atom. The highest BCUT2D eigenvalue weighted by Crippen LogP contribution is 2.24. The summed E-state index contributed by atoms with van der Waals surface area (Å²) in [6.45, 7) is 11.5. The molecule has 1 aliphatic heterocycles. The van der Waals surface area contributed by atoms with Gasteiger partial charge in [0.15, 0.2) is 0 Å². The van der Waals surface area contributed by atoms with E-state index in [-0.39, 0.29) is 0 Å². The smallest absolute Gasteiger partial charge is 0.0863 e. The molecule has 1 atom stereocenters. The van der Waals surface area contributed by atoms with Crippen LogP contribution in [0.1, 0.15) is 32.2 Å². The number of rotatable bonds is 4. The lowest BCUT2D eigenvalue weighted by Gasteiger charge is -2.33. The van der Waals surface area contributed by atoms with E-state index in [0.29, 0.717) is 6.04 Å². The highest BCUT2D eigenvalue weighted by molar-refractivity contribution is 6.31. The van der Waals surface area contributed by atoms with Crippen LogP contribution in [0.15, 0.2) is 0 Å². The fraction of sp³-hybridized carbons (Fsp3) is 0.769. The topological polar surface area (TPSA) is 33.1 Å². The maximum atomic E-state index is 6.45. The Kier molecular flexibility index (Phi) is 4.65. The number of nitrogens with one attached hydrogen (secondary N) is 1. The van der Waals surface area contributed by atoms with E-state index in [1.807, 2.05) is 0 Å². The lowest BCUT2D eigenvalue weighted by Crippen LogP contribution is -2.49. The molecule has 1 aliphatic rings. The molecule has 1 aromatic rings. The number of hydrogen-bond donors (Lipinski definition) is 1. The molecule has 0 aromatic carbocycles. The summed E-state index contributed by atoms with van der Waals surface area (Å²) in [5.41, 5.74) is 2.20. The van der Waals surface area contributed by atoms with Crippen LogP contribution in [0.2, 0.25) is 5.02 Å². The van der Waals surface area contributed by atoms with Gasteiger partial charge in [0.25, 0.3) is 0 Å². The molecule has 102 valence electrons. The Morgan fingerprint density at radius 1 is 1.44 bits per heavy atom. The lowest BCUT2D eigenvalue weighted by molar-refractivity contribution is 0.161. The van der Waals surface area contributed by atoms with Crippen molar-refractivity contribution in [2.24, 2.45) is 0 Å². The zero-order valence-electron chi connectivity index (χ0n) is 11.5. The molecule has 1 saturated heterocycles.